The van der Waals surface area contributed by atoms with Gasteiger partial charge in [-0.25, -0.2) is 0 Å². The number of amides is 1. The van der Waals surface area contributed by atoms with Gasteiger partial charge in [0.05, 0.1) is 6.04 Å². The van der Waals surface area contributed by atoms with E-state index in [9.17, 15) is 4.79 Å². The quantitative estimate of drug-likeness (QED) is 0.427. The van der Waals surface area contributed by atoms with Crippen LogP contribution in [0.25, 0.3) is 0 Å². The number of carbonyl (C=O) groups excluding carboxylic acids is 1. The number of nitrogens with zero attached hydrogens (tertiary/aromatic N) is 1. The molecule has 0 heterocycles. The zero-order valence-electron chi connectivity index (χ0n) is 17.0. The van der Waals surface area contributed by atoms with Crippen molar-refractivity contribution in [3.05, 3.63) is 95.0 Å². The van der Waals surface area contributed by atoms with Crippen molar-refractivity contribution in [2.45, 2.75) is 33.4 Å². The Hall–Kier alpha value is -2.78. The number of carbonyl (C=O) groups is 1. The van der Waals surface area contributed by atoms with E-state index < -0.39 is 0 Å². The molecule has 3 rings (SSSR count). The first-order chi connectivity index (χ1) is 13.9. The van der Waals surface area contributed by atoms with Gasteiger partial charge in [-0.3, -0.25) is 4.79 Å². The number of halogens is 1. The SMILES string of the molecule is CC(C)C(=O)N(Cc1cccc(Oc2ccc(Cl)cc2)c1)C(C)c1ccccc1. The Morgan fingerprint density at radius 3 is 2.24 bits per heavy atom. The summed E-state index contributed by atoms with van der Waals surface area (Å²) in [6, 6.07) is 25.2. The molecule has 0 saturated carbocycles. The Balaban J connectivity index is 1.81. The van der Waals surface area contributed by atoms with Crippen LogP contribution in [0.5, 0.6) is 11.5 Å². The average Bonchev–Trinajstić information content (AvgIpc) is 2.73. The molecule has 0 aliphatic heterocycles. The Morgan fingerprint density at radius 1 is 0.897 bits per heavy atom. The smallest absolute Gasteiger partial charge is 0.225 e. The standard InChI is InChI=1S/C25H26ClNO2/c1-18(2)25(28)27(19(3)21-9-5-4-6-10-21)17-20-8-7-11-24(16-20)29-23-14-12-22(26)13-15-23/h4-16,18-19H,17H2,1-3H3. The van der Waals surface area contributed by atoms with Gasteiger partial charge in [0.2, 0.25) is 5.91 Å². The third-order valence-corrected chi connectivity index (χ3v) is 5.08. The van der Waals surface area contributed by atoms with Crippen molar-refractivity contribution in [1.82, 2.24) is 4.90 Å². The monoisotopic (exact) mass is 407 g/mol. The molecule has 0 radical (unpaired) electrons. The number of rotatable bonds is 7. The van der Waals surface area contributed by atoms with Crippen molar-refractivity contribution in [2.75, 3.05) is 0 Å². The molecular formula is C25H26ClNO2. The highest BCUT2D eigenvalue weighted by Crippen LogP contribution is 2.27. The fourth-order valence-electron chi connectivity index (χ4n) is 3.19. The van der Waals surface area contributed by atoms with Gasteiger partial charge in [-0.15, -0.1) is 0 Å². The summed E-state index contributed by atoms with van der Waals surface area (Å²) in [7, 11) is 0. The summed E-state index contributed by atoms with van der Waals surface area (Å²) in [5.74, 6) is 1.51. The molecule has 0 aromatic heterocycles. The highest BCUT2D eigenvalue weighted by molar-refractivity contribution is 6.30. The van der Waals surface area contributed by atoms with E-state index in [0.717, 1.165) is 22.6 Å². The van der Waals surface area contributed by atoms with E-state index in [1.165, 1.54) is 0 Å². The summed E-state index contributed by atoms with van der Waals surface area (Å²) in [5, 5.41) is 0.670. The minimum absolute atomic E-state index is 0.0214. The first-order valence-electron chi connectivity index (χ1n) is 9.82. The number of benzene rings is 3. The Labute approximate surface area is 177 Å². The second-order valence-electron chi connectivity index (χ2n) is 7.41. The van der Waals surface area contributed by atoms with Crippen LogP contribution in [0.4, 0.5) is 0 Å². The summed E-state index contributed by atoms with van der Waals surface area (Å²) in [6.07, 6.45) is 0. The zero-order valence-corrected chi connectivity index (χ0v) is 17.8. The molecule has 0 bridgehead atoms. The minimum Gasteiger partial charge on any atom is -0.457 e. The molecule has 0 saturated heterocycles. The largest absolute Gasteiger partial charge is 0.457 e. The molecule has 150 valence electrons. The van der Waals surface area contributed by atoms with Crippen molar-refractivity contribution in [1.29, 1.82) is 0 Å². The molecule has 3 nitrogen and oxygen atoms in total. The van der Waals surface area contributed by atoms with Gasteiger partial charge in [0.15, 0.2) is 0 Å². The molecule has 0 aliphatic carbocycles. The van der Waals surface area contributed by atoms with Crippen molar-refractivity contribution >= 4 is 17.5 Å². The maximum absolute atomic E-state index is 13.0. The second-order valence-corrected chi connectivity index (χ2v) is 7.85. The van der Waals surface area contributed by atoms with Crippen LogP contribution in [0.3, 0.4) is 0 Å². The van der Waals surface area contributed by atoms with Crippen molar-refractivity contribution < 1.29 is 9.53 Å². The summed E-state index contributed by atoms with van der Waals surface area (Å²) < 4.78 is 5.95. The summed E-state index contributed by atoms with van der Waals surface area (Å²) in [5.41, 5.74) is 2.14. The van der Waals surface area contributed by atoms with Gasteiger partial charge in [-0.1, -0.05) is 67.9 Å². The topological polar surface area (TPSA) is 29.5 Å². The molecule has 0 N–H and O–H groups in total. The molecule has 1 amide bonds. The van der Waals surface area contributed by atoms with Gasteiger partial charge >= 0.3 is 0 Å². The Kier molecular flexibility index (Phi) is 6.95. The van der Waals surface area contributed by atoms with E-state index >= 15 is 0 Å². The van der Waals surface area contributed by atoms with Crippen LogP contribution in [0.1, 0.15) is 37.9 Å². The van der Waals surface area contributed by atoms with Gasteiger partial charge in [0.1, 0.15) is 11.5 Å². The van der Waals surface area contributed by atoms with Gasteiger partial charge in [-0.2, -0.15) is 0 Å². The van der Waals surface area contributed by atoms with Crippen LogP contribution in [0, 0.1) is 5.92 Å². The third-order valence-electron chi connectivity index (χ3n) is 4.83. The van der Waals surface area contributed by atoms with Gasteiger partial charge in [0.25, 0.3) is 0 Å². The average molecular weight is 408 g/mol. The zero-order chi connectivity index (χ0) is 20.8. The molecule has 0 aliphatic rings. The summed E-state index contributed by atoms with van der Waals surface area (Å²) in [4.78, 5) is 14.9. The molecule has 1 atom stereocenters. The molecular weight excluding hydrogens is 382 g/mol. The molecule has 0 fully saturated rings. The maximum atomic E-state index is 13.0. The van der Waals surface area contributed by atoms with Crippen LogP contribution < -0.4 is 4.74 Å². The lowest BCUT2D eigenvalue weighted by atomic mass is 10.0. The van der Waals surface area contributed by atoms with Crippen LogP contribution in [0.2, 0.25) is 5.02 Å². The lowest BCUT2D eigenvalue weighted by Gasteiger charge is -2.31. The second kappa shape index (κ2) is 9.62. The predicted octanol–water partition coefficient (Wildman–Crippen LogP) is 6.88. The maximum Gasteiger partial charge on any atom is 0.225 e. The van der Waals surface area contributed by atoms with Crippen LogP contribution in [-0.4, -0.2) is 10.8 Å². The van der Waals surface area contributed by atoms with Crippen molar-refractivity contribution in [2.24, 2.45) is 5.92 Å². The van der Waals surface area contributed by atoms with E-state index in [2.05, 4.69) is 19.1 Å². The normalized spacial score (nSPS) is 11.9. The third kappa shape index (κ3) is 5.61. The van der Waals surface area contributed by atoms with Gasteiger partial charge in [0, 0.05) is 17.5 Å². The number of hydrogen-bond acceptors (Lipinski definition) is 2. The molecule has 3 aromatic rings. The fraction of sp³-hybridized carbons (Fsp3) is 0.240. The first kappa shape index (κ1) is 20.9. The van der Waals surface area contributed by atoms with Gasteiger partial charge < -0.3 is 9.64 Å². The molecule has 3 aromatic carbocycles. The Morgan fingerprint density at radius 2 is 1.59 bits per heavy atom. The van der Waals surface area contributed by atoms with Crippen molar-refractivity contribution in [3.8, 4) is 11.5 Å². The fourth-order valence-corrected chi connectivity index (χ4v) is 3.32. The number of ether oxygens (including phenoxy) is 1. The number of hydrogen-bond donors (Lipinski definition) is 0. The summed E-state index contributed by atoms with van der Waals surface area (Å²) in [6.45, 7) is 6.47. The van der Waals surface area contributed by atoms with E-state index in [0.29, 0.717) is 11.6 Å². The first-order valence-corrected chi connectivity index (χ1v) is 10.2. The highest BCUT2D eigenvalue weighted by atomic mass is 35.5. The minimum atomic E-state index is -0.0744. The van der Waals surface area contributed by atoms with Crippen LogP contribution in [-0.2, 0) is 11.3 Å². The molecule has 29 heavy (non-hydrogen) atoms. The van der Waals surface area contributed by atoms with Gasteiger partial charge in [-0.05, 0) is 54.4 Å². The van der Waals surface area contributed by atoms with E-state index in [-0.39, 0.29) is 17.9 Å². The summed E-state index contributed by atoms with van der Waals surface area (Å²) >= 11 is 5.94. The van der Waals surface area contributed by atoms with Crippen LogP contribution in [0.15, 0.2) is 78.9 Å². The van der Waals surface area contributed by atoms with E-state index in [4.69, 9.17) is 16.3 Å². The van der Waals surface area contributed by atoms with Crippen molar-refractivity contribution in [3.63, 3.8) is 0 Å². The van der Waals surface area contributed by atoms with Crippen LogP contribution >= 0.6 is 11.6 Å². The molecule has 0 spiro atoms. The molecule has 4 heteroatoms. The lowest BCUT2D eigenvalue weighted by Crippen LogP contribution is -2.36. The van der Waals surface area contributed by atoms with E-state index in [1.807, 2.05) is 73.3 Å². The predicted molar refractivity (Wildman–Crippen MR) is 118 cm³/mol. The highest BCUT2D eigenvalue weighted by Gasteiger charge is 2.24. The Bertz CT molecular complexity index is 939. The molecule has 1 unspecified atom stereocenters. The lowest BCUT2D eigenvalue weighted by molar-refractivity contribution is -0.137. The van der Waals surface area contributed by atoms with E-state index in [1.54, 1.807) is 12.1 Å².